The molecule has 0 aliphatic carbocycles. The molecule has 0 radical (unpaired) electrons. The van der Waals surface area contributed by atoms with Crippen LogP contribution in [0.3, 0.4) is 0 Å². The summed E-state index contributed by atoms with van der Waals surface area (Å²) < 4.78 is 17.8. The van der Waals surface area contributed by atoms with Crippen LogP contribution in [0, 0.1) is 6.92 Å². The summed E-state index contributed by atoms with van der Waals surface area (Å²) in [6.07, 6.45) is -0.356. The van der Waals surface area contributed by atoms with E-state index in [-0.39, 0.29) is 19.2 Å². The van der Waals surface area contributed by atoms with E-state index in [2.05, 4.69) is 0 Å². The number of hydrogen-bond acceptors (Lipinski definition) is 4. The van der Waals surface area contributed by atoms with Crippen LogP contribution in [0.15, 0.2) is 24.3 Å². The first-order valence-electron chi connectivity index (χ1n) is 7.78. The van der Waals surface area contributed by atoms with Gasteiger partial charge in [0.2, 0.25) is 0 Å². The average Bonchev–Trinajstić information content (AvgIpc) is 2.47. The summed E-state index contributed by atoms with van der Waals surface area (Å²) >= 11 is 0. The number of benzene rings is 1. The van der Waals surface area contributed by atoms with Gasteiger partial charge < -0.3 is 14.7 Å². The number of nitrogens with zero attached hydrogens (tertiary/aromatic N) is 2. The van der Waals surface area contributed by atoms with E-state index in [1.165, 1.54) is 4.90 Å². The third kappa shape index (κ3) is 6.95. The predicted octanol–water partition coefficient (Wildman–Crippen LogP) is 3.12. The summed E-state index contributed by atoms with van der Waals surface area (Å²) in [5.41, 5.74) is 0.696. The molecule has 2 rings (SSSR count). The molecule has 134 valence electrons. The average molecular weight is 340 g/mol. The van der Waals surface area contributed by atoms with E-state index < -0.39 is 11.6 Å². The molecule has 7 heteroatoms. The number of carbonyl (C=O) groups excluding carboxylic acids is 1. The molecule has 0 atom stereocenters. The molecule has 0 unspecified atom stereocenters. The van der Waals surface area contributed by atoms with Gasteiger partial charge in [0, 0.05) is 26.2 Å². The Morgan fingerprint density at radius 3 is 2.08 bits per heavy atom. The van der Waals surface area contributed by atoms with Crippen LogP contribution in [0.2, 0.25) is 0 Å². The summed E-state index contributed by atoms with van der Waals surface area (Å²) in [4.78, 5) is 23.4. The van der Waals surface area contributed by atoms with Gasteiger partial charge in [-0.3, -0.25) is 0 Å². The first-order chi connectivity index (χ1) is 11.1. The van der Waals surface area contributed by atoms with Crippen molar-refractivity contribution in [1.29, 1.82) is 0 Å². The number of carboxylic acids is 1. The number of amides is 1. The van der Waals surface area contributed by atoms with Gasteiger partial charge in [-0.1, -0.05) is 18.2 Å². The Labute approximate surface area is 141 Å². The Morgan fingerprint density at radius 1 is 1.12 bits per heavy atom. The SMILES string of the molecule is CC(C)(C)OC(=O)N1CCN(F)CC1.Cc1ccccc1C(=O)O. The molecule has 1 aromatic rings. The quantitative estimate of drug-likeness (QED) is 0.796. The van der Waals surface area contributed by atoms with E-state index in [9.17, 15) is 14.1 Å². The molecule has 1 fully saturated rings. The highest BCUT2D eigenvalue weighted by Gasteiger charge is 2.25. The highest BCUT2D eigenvalue weighted by molar-refractivity contribution is 5.89. The normalized spacial score (nSPS) is 15.3. The second kappa shape index (κ2) is 8.63. The molecule has 24 heavy (non-hydrogen) atoms. The summed E-state index contributed by atoms with van der Waals surface area (Å²) in [7, 11) is 0. The third-order valence-corrected chi connectivity index (χ3v) is 3.25. The lowest BCUT2D eigenvalue weighted by molar-refractivity contribution is -0.0331. The van der Waals surface area contributed by atoms with Crippen molar-refractivity contribution in [2.75, 3.05) is 26.2 Å². The van der Waals surface area contributed by atoms with Crippen molar-refractivity contribution in [3.63, 3.8) is 0 Å². The zero-order valence-corrected chi connectivity index (χ0v) is 14.6. The summed E-state index contributed by atoms with van der Waals surface area (Å²) in [6, 6.07) is 6.92. The lowest BCUT2D eigenvalue weighted by atomic mass is 10.1. The molecule has 0 saturated carbocycles. The van der Waals surface area contributed by atoms with Crippen molar-refractivity contribution < 1.29 is 23.9 Å². The summed E-state index contributed by atoms with van der Waals surface area (Å²) in [6.45, 7) is 8.54. The zero-order chi connectivity index (χ0) is 18.3. The van der Waals surface area contributed by atoms with Gasteiger partial charge in [0.1, 0.15) is 5.60 Å². The van der Waals surface area contributed by atoms with E-state index in [4.69, 9.17) is 9.84 Å². The van der Waals surface area contributed by atoms with Gasteiger partial charge in [-0.15, -0.1) is 9.60 Å². The van der Waals surface area contributed by atoms with Gasteiger partial charge >= 0.3 is 12.1 Å². The Morgan fingerprint density at radius 2 is 1.67 bits per heavy atom. The van der Waals surface area contributed by atoms with Crippen LogP contribution in [0.1, 0.15) is 36.7 Å². The van der Waals surface area contributed by atoms with Crippen LogP contribution in [0.4, 0.5) is 9.28 Å². The van der Waals surface area contributed by atoms with Crippen molar-refractivity contribution in [3.8, 4) is 0 Å². The predicted molar refractivity (Wildman–Crippen MR) is 88.6 cm³/mol. The minimum atomic E-state index is -0.863. The van der Waals surface area contributed by atoms with E-state index in [1.54, 1.807) is 25.1 Å². The van der Waals surface area contributed by atoms with Crippen molar-refractivity contribution in [1.82, 2.24) is 10.0 Å². The van der Waals surface area contributed by atoms with Crippen LogP contribution in [0.25, 0.3) is 0 Å². The van der Waals surface area contributed by atoms with Crippen LogP contribution in [-0.4, -0.2) is 59.0 Å². The van der Waals surface area contributed by atoms with E-state index in [0.29, 0.717) is 23.8 Å². The second-order valence-corrected chi connectivity index (χ2v) is 6.50. The fraction of sp³-hybridized carbons (Fsp3) is 0.529. The fourth-order valence-electron chi connectivity index (χ4n) is 2.00. The Kier molecular flexibility index (Phi) is 7.16. The molecule has 1 N–H and O–H groups in total. The van der Waals surface area contributed by atoms with Gasteiger partial charge in [0.25, 0.3) is 0 Å². The van der Waals surface area contributed by atoms with Crippen molar-refractivity contribution in [3.05, 3.63) is 35.4 Å². The number of hydrogen-bond donors (Lipinski definition) is 1. The number of halogens is 1. The number of piperazine rings is 1. The number of carbonyl (C=O) groups is 2. The molecule has 0 bridgehead atoms. The molecule has 1 saturated heterocycles. The van der Waals surface area contributed by atoms with Crippen molar-refractivity contribution in [2.24, 2.45) is 0 Å². The molecule has 0 spiro atoms. The smallest absolute Gasteiger partial charge is 0.410 e. The number of carboxylic acid groups (broad SMARTS) is 1. The third-order valence-electron chi connectivity index (χ3n) is 3.25. The summed E-state index contributed by atoms with van der Waals surface area (Å²) in [5, 5.41) is 9.27. The molecule has 1 heterocycles. The Balaban J connectivity index is 0.000000254. The van der Waals surface area contributed by atoms with Crippen LogP contribution in [0.5, 0.6) is 0 Å². The van der Waals surface area contributed by atoms with E-state index in [0.717, 1.165) is 5.56 Å². The number of ether oxygens (including phenoxy) is 1. The fourth-order valence-corrected chi connectivity index (χ4v) is 2.00. The molecule has 1 amide bonds. The standard InChI is InChI=1S/C9H17FN2O2.C8H8O2/c1-9(2,3)14-8(13)11-4-6-12(10)7-5-11;1-6-4-2-3-5-7(6)8(9)10/h4-7H2,1-3H3;2-5H,1H3,(H,9,10). The van der Waals surface area contributed by atoms with Gasteiger partial charge in [-0.25, -0.2) is 9.59 Å². The maximum atomic E-state index is 12.6. The van der Waals surface area contributed by atoms with Crippen LogP contribution in [-0.2, 0) is 4.74 Å². The minimum Gasteiger partial charge on any atom is -0.478 e. The van der Waals surface area contributed by atoms with Crippen LogP contribution < -0.4 is 0 Å². The monoisotopic (exact) mass is 340 g/mol. The molecular formula is C17H25FN2O4. The Bertz CT molecular complexity index is 564. The highest BCUT2D eigenvalue weighted by Crippen LogP contribution is 2.11. The maximum absolute atomic E-state index is 12.6. The molecule has 0 aromatic heterocycles. The Hall–Kier alpha value is -2.15. The molecule has 1 aromatic carbocycles. The maximum Gasteiger partial charge on any atom is 0.410 e. The van der Waals surface area contributed by atoms with Crippen molar-refractivity contribution >= 4 is 12.1 Å². The van der Waals surface area contributed by atoms with Crippen LogP contribution >= 0.6 is 0 Å². The zero-order valence-electron chi connectivity index (χ0n) is 14.6. The van der Waals surface area contributed by atoms with Gasteiger partial charge in [0.05, 0.1) is 5.56 Å². The van der Waals surface area contributed by atoms with E-state index in [1.807, 2.05) is 26.8 Å². The molecule has 1 aliphatic heterocycles. The number of rotatable bonds is 1. The second-order valence-electron chi connectivity index (χ2n) is 6.50. The summed E-state index contributed by atoms with van der Waals surface area (Å²) in [5.74, 6) is -0.863. The molecule has 6 nitrogen and oxygen atoms in total. The first kappa shape index (κ1) is 19.9. The van der Waals surface area contributed by atoms with Gasteiger partial charge in [-0.05, 0) is 39.3 Å². The topological polar surface area (TPSA) is 70.1 Å². The highest BCUT2D eigenvalue weighted by atomic mass is 19.2. The van der Waals surface area contributed by atoms with Crippen molar-refractivity contribution in [2.45, 2.75) is 33.3 Å². The molecule has 1 aliphatic rings. The lowest BCUT2D eigenvalue weighted by Crippen LogP contribution is -2.47. The largest absolute Gasteiger partial charge is 0.478 e. The lowest BCUT2D eigenvalue weighted by Gasteiger charge is -2.31. The number of aromatic carboxylic acids is 1. The number of aryl methyl sites for hydroxylation is 1. The first-order valence-corrected chi connectivity index (χ1v) is 7.78. The minimum absolute atomic E-state index is 0.263. The van der Waals surface area contributed by atoms with Gasteiger partial charge in [0.15, 0.2) is 0 Å². The van der Waals surface area contributed by atoms with Gasteiger partial charge in [-0.2, -0.15) is 0 Å². The molecular weight excluding hydrogens is 315 g/mol. The van der Waals surface area contributed by atoms with E-state index >= 15 is 0 Å².